The third-order valence-corrected chi connectivity index (χ3v) is 7.48. The van der Waals surface area contributed by atoms with E-state index in [-0.39, 0.29) is 5.54 Å². The zero-order valence-electron chi connectivity index (χ0n) is 19.1. The molecule has 1 aromatic carbocycles. The number of likely N-dealkylation sites (tertiary alicyclic amines) is 1. The van der Waals surface area contributed by atoms with E-state index in [0.717, 1.165) is 64.7 Å². The molecule has 0 aromatic heterocycles. The fourth-order valence-electron chi connectivity index (χ4n) is 5.36. The molecule has 0 atom stereocenters. The van der Waals surface area contributed by atoms with Crippen LogP contribution in [0.25, 0.3) is 0 Å². The standard InChI is InChI=1S/C24H39N5O/c1-20-7-6-8-22(21(20)2)27-13-15-28(16-14-27)23(25-3)26-19-24(9-17-30-18-10-24)29-11-4-5-12-29/h6-8H,4-5,9-19H2,1-3H3,(H,25,26). The van der Waals surface area contributed by atoms with Gasteiger partial charge in [-0.15, -0.1) is 0 Å². The molecule has 3 saturated heterocycles. The van der Waals surface area contributed by atoms with Crippen LogP contribution in [0.2, 0.25) is 0 Å². The molecule has 6 heteroatoms. The zero-order valence-corrected chi connectivity index (χ0v) is 19.1. The minimum atomic E-state index is 0.227. The Labute approximate surface area is 182 Å². The molecular weight excluding hydrogens is 374 g/mol. The Morgan fingerprint density at radius 2 is 1.73 bits per heavy atom. The number of aliphatic imine (C=N–C) groups is 1. The molecule has 1 N–H and O–H groups in total. The molecular formula is C24H39N5O. The minimum Gasteiger partial charge on any atom is -0.381 e. The molecule has 6 nitrogen and oxygen atoms in total. The highest BCUT2D eigenvalue weighted by molar-refractivity contribution is 5.80. The summed E-state index contributed by atoms with van der Waals surface area (Å²) in [5, 5.41) is 3.76. The number of hydrogen-bond acceptors (Lipinski definition) is 4. The number of guanidine groups is 1. The lowest BCUT2D eigenvalue weighted by atomic mass is 9.88. The Kier molecular flexibility index (Phi) is 6.84. The van der Waals surface area contributed by atoms with Gasteiger partial charge in [-0.2, -0.15) is 0 Å². The molecule has 1 aromatic rings. The van der Waals surface area contributed by atoms with Crippen LogP contribution in [0, 0.1) is 13.8 Å². The molecule has 0 radical (unpaired) electrons. The molecule has 3 fully saturated rings. The zero-order chi connectivity index (χ0) is 21.0. The number of benzene rings is 1. The first-order valence-corrected chi connectivity index (χ1v) is 11.7. The van der Waals surface area contributed by atoms with Crippen LogP contribution in [0.3, 0.4) is 0 Å². The highest BCUT2D eigenvalue weighted by Crippen LogP contribution is 2.31. The molecule has 0 unspecified atom stereocenters. The van der Waals surface area contributed by atoms with Gasteiger partial charge in [0.05, 0.1) is 0 Å². The number of aryl methyl sites for hydroxylation is 1. The number of piperazine rings is 1. The molecule has 30 heavy (non-hydrogen) atoms. The maximum atomic E-state index is 5.71. The predicted octanol–water partition coefficient (Wildman–Crippen LogP) is 2.65. The quantitative estimate of drug-likeness (QED) is 0.607. The van der Waals surface area contributed by atoms with Crippen molar-refractivity contribution in [3.63, 3.8) is 0 Å². The van der Waals surface area contributed by atoms with E-state index < -0.39 is 0 Å². The topological polar surface area (TPSA) is 43.3 Å². The van der Waals surface area contributed by atoms with Crippen molar-refractivity contribution < 1.29 is 4.74 Å². The van der Waals surface area contributed by atoms with Crippen LogP contribution in [-0.4, -0.2) is 87.4 Å². The Balaban J connectivity index is 1.36. The molecule has 3 aliphatic rings. The number of rotatable bonds is 4. The number of ether oxygens (including phenoxy) is 1. The smallest absolute Gasteiger partial charge is 0.193 e. The van der Waals surface area contributed by atoms with Crippen LogP contribution >= 0.6 is 0 Å². The van der Waals surface area contributed by atoms with Crippen LogP contribution in [0.4, 0.5) is 5.69 Å². The molecule has 3 heterocycles. The van der Waals surface area contributed by atoms with Crippen molar-refractivity contribution >= 4 is 11.6 Å². The van der Waals surface area contributed by atoms with Gasteiger partial charge < -0.3 is 19.9 Å². The summed E-state index contributed by atoms with van der Waals surface area (Å²) in [5.41, 5.74) is 4.38. The van der Waals surface area contributed by atoms with E-state index in [1.807, 2.05) is 7.05 Å². The summed E-state index contributed by atoms with van der Waals surface area (Å²) in [4.78, 5) is 12.3. The van der Waals surface area contributed by atoms with Crippen LogP contribution in [0.1, 0.15) is 36.8 Å². The monoisotopic (exact) mass is 413 g/mol. The summed E-state index contributed by atoms with van der Waals surface area (Å²) in [7, 11) is 1.92. The fourth-order valence-corrected chi connectivity index (χ4v) is 5.36. The van der Waals surface area contributed by atoms with Gasteiger partial charge in [0.2, 0.25) is 0 Å². The SMILES string of the molecule is CN=C(NCC1(N2CCCC2)CCOCC1)N1CCN(c2cccc(C)c2C)CC1. The van der Waals surface area contributed by atoms with Gasteiger partial charge in [0, 0.05) is 64.2 Å². The lowest BCUT2D eigenvalue weighted by molar-refractivity contribution is -0.0166. The van der Waals surface area contributed by atoms with Crippen molar-refractivity contribution in [3.8, 4) is 0 Å². The highest BCUT2D eigenvalue weighted by atomic mass is 16.5. The van der Waals surface area contributed by atoms with Gasteiger partial charge in [-0.1, -0.05) is 12.1 Å². The Hall–Kier alpha value is -1.79. The summed E-state index contributed by atoms with van der Waals surface area (Å²) in [6.45, 7) is 13.7. The van der Waals surface area contributed by atoms with Gasteiger partial charge in [0.15, 0.2) is 5.96 Å². The third kappa shape index (κ3) is 4.45. The van der Waals surface area contributed by atoms with Crippen LogP contribution < -0.4 is 10.2 Å². The molecule has 3 aliphatic heterocycles. The van der Waals surface area contributed by atoms with Crippen molar-refractivity contribution in [2.75, 3.05) is 71.0 Å². The maximum Gasteiger partial charge on any atom is 0.193 e. The molecule has 4 rings (SSSR count). The van der Waals surface area contributed by atoms with Crippen molar-refractivity contribution in [2.45, 2.75) is 45.1 Å². The van der Waals surface area contributed by atoms with Crippen molar-refractivity contribution in [1.29, 1.82) is 0 Å². The molecule has 0 amide bonds. The molecule has 0 aliphatic carbocycles. The largest absolute Gasteiger partial charge is 0.381 e. The first-order valence-electron chi connectivity index (χ1n) is 11.7. The summed E-state index contributed by atoms with van der Waals surface area (Å²) < 4.78 is 5.71. The normalized spacial score (nSPS) is 23.1. The average Bonchev–Trinajstić information content (AvgIpc) is 3.33. The molecule has 166 valence electrons. The highest BCUT2D eigenvalue weighted by Gasteiger charge is 2.40. The summed E-state index contributed by atoms with van der Waals surface area (Å²) in [5.74, 6) is 1.06. The van der Waals surface area contributed by atoms with Gasteiger partial charge >= 0.3 is 0 Å². The second kappa shape index (κ2) is 9.56. The Morgan fingerprint density at radius 3 is 2.40 bits per heavy atom. The van der Waals surface area contributed by atoms with E-state index in [1.165, 1.54) is 42.7 Å². The predicted molar refractivity (Wildman–Crippen MR) is 125 cm³/mol. The first-order chi connectivity index (χ1) is 14.6. The van der Waals surface area contributed by atoms with E-state index in [1.54, 1.807) is 0 Å². The summed E-state index contributed by atoms with van der Waals surface area (Å²) >= 11 is 0. The molecule has 0 spiro atoms. The minimum absolute atomic E-state index is 0.227. The average molecular weight is 414 g/mol. The van der Waals surface area contributed by atoms with Crippen LogP contribution in [-0.2, 0) is 4.74 Å². The van der Waals surface area contributed by atoms with Gasteiger partial charge in [-0.25, -0.2) is 0 Å². The lowest BCUT2D eigenvalue weighted by Crippen LogP contribution is -2.60. The second-order valence-corrected chi connectivity index (χ2v) is 9.12. The number of nitrogens with zero attached hydrogens (tertiary/aromatic N) is 4. The summed E-state index contributed by atoms with van der Waals surface area (Å²) in [6, 6.07) is 6.64. The van der Waals surface area contributed by atoms with E-state index in [9.17, 15) is 0 Å². The fraction of sp³-hybridized carbons (Fsp3) is 0.708. The maximum absolute atomic E-state index is 5.71. The Morgan fingerprint density at radius 1 is 1.03 bits per heavy atom. The van der Waals surface area contributed by atoms with Gasteiger partial charge in [-0.3, -0.25) is 9.89 Å². The van der Waals surface area contributed by atoms with E-state index >= 15 is 0 Å². The third-order valence-electron chi connectivity index (χ3n) is 7.48. The van der Waals surface area contributed by atoms with E-state index in [2.05, 4.69) is 57.1 Å². The van der Waals surface area contributed by atoms with Gasteiger partial charge in [0.25, 0.3) is 0 Å². The number of hydrogen-bond donors (Lipinski definition) is 1. The summed E-state index contributed by atoms with van der Waals surface area (Å²) in [6.07, 6.45) is 4.91. The Bertz CT molecular complexity index is 729. The van der Waals surface area contributed by atoms with Gasteiger partial charge in [-0.05, 0) is 69.8 Å². The second-order valence-electron chi connectivity index (χ2n) is 9.12. The van der Waals surface area contributed by atoms with Crippen LogP contribution in [0.5, 0.6) is 0 Å². The number of anilines is 1. The van der Waals surface area contributed by atoms with Crippen LogP contribution in [0.15, 0.2) is 23.2 Å². The van der Waals surface area contributed by atoms with E-state index in [4.69, 9.17) is 4.74 Å². The van der Waals surface area contributed by atoms with Crippen molar-refractivity contribution in [3.05, 3.63) is 29.3 Å². The van der Waals surface area contributed by atoms with Gasteiger partial charge in [0.1, 0.15) is 0 Å². The first kappa shape index (κ1) is 21.4. The van der Waals surface area contributed by atoms with Crippen molar-refractivity contribution in [2.24, 2.45) is 4.99 Å². The lowest BCUT2D eigenvalue weighted by Gasteiger charge is -2.46. The molecule has 0 saturated carbocycles. The molecule has 0 bridgehead atoms. The number of nitrogens with one attached hydrogen (secondary N) is 1. The van der Waals surface area contributed by atoms with Crippen molar-refractivity contribution in [1.82, 2.24) is 15.1 Å². The van der Waals surface area contributed by atoms with E-state index in [0.29, 0.717) is 0 Å².